The van der Waals surface area contributed by atoms with Gasteiger partial charge in [0.1, 0.15) is 0 Å². The van der Waals surface area contributed by atoms with E-state index < -0.39 is 22.2 Å². The number of carbonyl (C=O) groups is 3. The van der Waals surface area contributed by atoms with Crippen molar-refractivity contribution in [2.45, 2.75) is 115 Å². The Morgan fingerprint density at radius 2 is 0.977 bits per heavy atom. The molecule has 2 aromatic carbocycles. The summed E-state index contributed by atoms with van der Waals surface area (Å²) >= 11 is 0. The van der Waals surface area contributed by atoms with Gasteiger partial charge in [0.05, 0.1) is 0 Å². The van der Waals surface area contributed by atoms with E-state index in [1.165, 1.54) is 24.3 Å². The van der Waals surface area contributed by atoms with Gasteiger partial charge < -0.3 is 10.6 Å². The lowest BCUT2D eigenvalue weighted by molar-refractivity contribution is -0.123. The minimum absolute atomic E-state index is 0.0142. The molecule has 43 heavy (non-hydrogen) atoms. The average molecular weight is 601 g/mol. The van der Waals surface area contributed by atoms with E-state index in [2.05, 4.69) is 17.6 Å². The monoisotopic (exact) mass is 600 g/mol. The highest BCUT2D eigenvalue weighted by molar-refractivity contribution is 6.01. The second kappa shape index (κ2) is 14.6. The molecule has 0 radical (unpaired) electrons. The molecule has 2 aromatic rings. The first kappa shape index (κ1) is 37.9. The second-order valence-corrected chi connectivity index (χ2v) is 14.7. The van der Waals surface area contributed by atoms with Crippen LogP contribution in [0.5, 0.6) is 0 Å². The Kier molecular flexibility index (Phi) is 12.9. The van der Waals surface area contributed by atoms with Crippen molar-refractivity contribution < 1.29 is 23.2 Å². The van der Waals surface area contributed by atoms with Crippen LogP contribution in [0.3, 0.4) is 0 Å². The van der Waals surface area contributed by atoms with E-state index in [1.54, 1.807) is 58.9 Å². The predicted octanol–water partition coefficient (Wildman–Crippen LogP) is 10.3. The lowest BCUT2D eigenvalue weighted by atomic mass is 9.78. The van der Waals surface area contributed by atoms with Crippen LogP contribution in [0.1, 0.15) is 125 Å². The van der Waals surface area contributed by atoms with Crippen molar-refractivity contribution >= 4 is 29.0 Å². The fourth-order valence-corrected chi connectivity index (χ4v) is 4.41. The summed E-state index contributed by atoms with van der Waals surface area (Å²) in [7, 11) is 0. The summed E-state index contributed by atoms with van der Waals surface area (Å²) < 4.78 is 29.2. The van der Waals surface area contributed by atoms with Gasteiger partial charge in [-0.2, -0.15) is 0 Å². The molecule has 2 amide bonds. The van der Waals surface area contributed by atoms with Gasteiger partial charge in [-0.25, -0.2) is 8.78 Å². The van der Waals surface area contributed by atoms with Crippen LogP contribution in [-0.2, 0) is 15.5 Å². The van der Waals surface area contributed by atoms with Crippen LogP contribution in [0.15, 0.2) is 48.5 Å². The third-order valence-electron chi connectivity index (χ3n) is 7.49. The standard InChI is InChI=1S/C18H27F2NO.C18H27NO2/c1-7-12-17(5,6)18(19,20)13-8-10-14(11-9-13)21-15(22)16(2,3)4;1-7-12-18(5,6)15(20)13-8-10-14(11-9-13)19-16(21)17(2,3)4/h8-11H,7,12H2,1-6H3,(H,21,22);8-11H,7,12H2,1-6H3,(H,19,21). The lowest BCUT2D eigenvalue weighted by Gasteiger charge is -2.34. The van der Waals surface area contributed by atoms with E-state index >= 15 is 0 Å². The zero-order valence-corrected chi connectivity index (χ0v) is 28.4. The van der Waals surface area contributed by atoms with Crippen LogP contribution in [0.25, 0.3) is 0 Å². The topological polar surface area (TPSA) is 75.3 Å². The number of hydrogen-bond donors (Lipinski definition) is 2. The van der Waals surface area contributed by atoms with Crippen molar-refractivity contribution in [1.82, 2.24) is 0 Å². The molecular weight excluding hydrogens is 546 g/mol. The third-order valence-corrected chi connectivity index (χ3v) is 7.49. The molecule has 0 aliphatic carbocycles. The zero-order chi connectivity index (χ0) is 33.4. The molecule has 0 aliphatic heterocycles. The van der Waals surface area contributed by atoms with E-state index in [0.29, 0.717) is 24.1 Å². The van der Waals surface area contributed by atoms with Crippen molar-refractivity contribution in [3.63, 3.8) is 0 Å². The van der Waals surface area contributed by atoms with Gasteiger partial charge in [0, 0.05) is 44.2 Å². The first-order chi connectivity index (χ1) is 19.5. The van der Waals surface area contributed by atoms with Gasteiger partial charge in [0.25, 0.3) is 5.92 Å². The minimum Gasteiger partial charge on any atom is -0.326 e. The fourth-order valence-electron chi connectivity index (χ4n) is 4.41. The molecule has 0 fully saturated rings. The molecule has 0 aromatic heterocycles. The molecule has 0 atom stereocenters. The highest BCUT2D eigenvalue weighted by atomic mass is 19.3. The van der Waals surface area contributed by atoms with Crippen LogP contribution in [-0.4, -0.2) is 17.6 Å². The van der Waals surface area contributed by atoms with Gasteiger partial charge in [-0.1, -0.05) is 108 Å². The molecule has 0 saturated carbocycles. The average Bonchev–Trinajstić information content (AvgIpc) is 2.88. The fraction of sp³-hybridized carbons (Fsp3) is 0.583. The van der Waals surface area contributed by atoms with E-state index in [-0.39, 0.29) is 28.6 Å². The van der Waals surface area contributed by atoms with E-state index in [4.69, 9.17) is 0 Å². The van der Waals surface area contributed by atoms with Crippen LogP contribution in [0.4, 0.5) is 20.2 Å². The molecule has 5 nitrogen and oxygen atoms in total. The van der Waals surface area contributed by atoms with Gasteiger partial charge in [-0.05, 0) is 49.2 Å². The Morgan fingerprint density at radius 1 is 0.605 bits per heavy atom. The largest absolute Gasteiger partial charge is 0.326 e. The van der Waals surface area contributed by atoms with Crippen LogP contribution >= 0.6 is 0 Å². The normalized spacial score (nSPS) is 12.6. The van der Waals surface area contributed by atoms with Crippen molar-refractivity contribution in [3.8, 4) is 0 Å². The van der Waals surface area contributed by atoms with E-state index in [9.17, 15) is 23.2 Å². The number of anilines is 2. The Hall–Kier alpha value is -3.09. The molecule has 0 aliphatic rings. The van der Waals surface area contributed by atoms with E-state index in [1.807, 2.05) is 41.5 Å². The molecule has 2 rings (SSSR count). The number of nitrogens with one attached hydrogen (secondary N) is 2. The molecule has 0 heterocycles. The summed E-state index contributed by atoms with van der Waals surface area (Å²) in [4.78, 5) is 36.3. The quantitative estimate of drug-likeness (QED) is 0.266. The van der Waals surface area contributed by atoms with Crippen molar-refractivity contribution in [1.29, 1.82) is 0 Å². The maximum absolute atomic E-state index is 14.6. The predicted molar refractivity (Wildman–Crippen MR) is 175 cm³/mol. The van der Waals surface area contributed by atoms with Crippen LogP contribution < -0.4 is 10.6 Å². The zero-order valence-electron chi connectivity index (χ0n) is 28.4. The Labute approximate surface area is 258 Å². The maximum atomic E-state index is 14.6. The highest BCUT2D eigenvalue weighted by Crippen LogP contribution is 2.47. The molecule has 2 N–H and O–H groups in total. The third kappa shape index (κ3) is 10.8. The summed E-state index contributed by atoms with van der Waals surface area (Å²) in [5.74, 6) is -2.93. The van der Waals surface area contributed by atoms with E-state index in [0.717, 1.165) is 18.5 Å². The molecule has 0 saturated heterocycles. The maximum Gasteiger partial charge on any atom is 0.278 e. The Balaban J connectivity index is 0.000000430. The molecule has 0 bridgehead atoms. The van der Waals surface area contributed by atoms with Crippen LogP contribution in [0.2, 0.25) is 0 Å². The summed E-state index contributed by atoms with van der Waals surface area (Å²) in [5, 5.41) is 5.60. The Morgan fingerprint density at radius 3 is 1.33 bits per heavy atom. The summed E-state index contributed by atoms with van der Waals surface area (Å²) in [6, 6.07) is 13.0. The number of hydrogen-bond acceptors (Lipinski definition) is 3. The van der Waals surface area contributed by atoms with Gasteiger partial charge in [-0.15, -0.1) is 0 Å². The number of halogens is 2. The Bertz CT molecular complexity index is 1220. The SMILES string of the molecule is CCCC(C)(C)C(=O)c1ccc(NC(=O)C(C)(C)C)cc1.CCCC(C)(C)C(F)(F)c1ccc(NC(=O)C(C)(C)C)cc1. The second-order valence-electron chi connectivity index (χ2n) is 14.7. The first-order valence-corrected chi connectivity index (χ1v) is 15.3. The van der Waals surface area contributed by atoms with Crippen molar-refractivity contribution in [3.05, 3.63) is 59.7 Å². The summed E-state index contributed by atoms with van der Waals surface area (Å²) in [5.41, 5.74) is -0.457. The molecule has 0 unspecified atom stereocenters. The summed E-state index contributed by atoms with van der Waals surface area (Å²) in [6.45, 7) is 22.1. The molecular formula is C36H54F2N2O3. The number of ketones is 1. The molecule has 240 valence electrons. The minimum atomic E-state index is -2.91. The number of rotatable bonds is 10. The van der Waals surface area contributed by atoms with Crippen molar-refractivity contribution in [2.24, 2.45) is 21.7 Å². The lowest BCUT2D eigenvalue weighted by Crippen LogP contribution is -2.34. The van der Waals surface area contributed by atoms with Gasteiger partial charge in [-0.3, -0.25) is 14.4 Å². The first-order valence-electron chi connectivity index (χ1n) is 15.3. The molecule has 7 heteroatoms. The number of Topliss-reactive ketones (excluding diaryl/α,β-unsaturated/α-hetero) is 1. The summed E-state index contributed by atoms with van der Waals surface area (Å²) in [6.07, 6.45) is 3.01. The number of alkyl halides is 2. The van der Waals surface area contributed by atoms with Gasteiger partial charge >= 0.3 is 0 Å². The number of carbonyl (C=O) groups excluding carboxylic acids is 3. The highest BCUT2D eigenvalue weighted by Gasteiger charge is 2.47. The number of amides is 2. The molecule has 0 spiro atoms. The van der Waals surface area contributed by atoms with Crippen molar-refractivity contribution in [2.75, 3.05) is 10.6 Å². The van der Waals surface area contributed by atoms with Gasteiger partial charge in [0.15, 0.2) is 5.78 Å². The van der Waals surface area contributed by atoms with Crippen LogP contribution in [0, 0.1) is 21.7 Å². The number of benzene rings is 2. The smallest absolute Gasteiger partial charge is 0.278 e. The van der Waals surface area contributed by atoms with Gasteiger partial charge in [0.2, 0.25) is 11.8 Å².